The number of nitrogen functional groups attached to an aromatic ring is 1. The summed E-state index contributed by atoms with van der Waals surface area (Å²) in [6, 6.07) is 7.06. The van der Waals surface area contributed by atoms with Crippen molar-refractivity contribution in [2.24, 2.45) is 0 Å². The first kappa shape index (κ1) is 12.2. The fourth-order valence-corrected chi connectivity index (χ4v) is 1.70. The predicted octanol–water partition coefficient (Wildman–Crippen LogP) is 1.51. The fourth-order valence-electron chi connectivity index (χ4n) is 1.70. The smallest absolute Gasteiger partial charge is 0.251 e. The Balaban J connectivity index is 2.41. The second kappa shape index (κ2) is 4.91. The van der Waals surface area contributed by atoms with Crippen LogP contribution in [0.4, 0.5) is 5.69 Å². The molecule has 3 N–H and O–H groups in total. The first-order chi connectivity index (χ1) is 8.61. The summed E-state index contributed by atoms with van der Waals surface area (Å²) in [5, 5.41) is 7.05. The molecule has 5 nitrogen and oxygen atoms in total. The van der Waals surface area contributed by atoms with Crippen LogP contribution in [-0.4, -0.2) is 22.2 Å². The Labute approximate surface area is 106 Å². The Morgan fingerprint density at radius 2 is 2.22 bits per heavy atom. The van der Waals surface area contributed by atoms with E-state index >= 15 is 0 Å². The van der Waals surface area contributed by atoms with E-state index in [1.165, 1.54) is 0 Å². The quantitative estimate of drug-likeness (QED) is 0.804. The van der Waals surface area contributed by atoms with Crippen LogP contribution in [0.3, 0.4) is 0 Å². The summed E-state index contributed by atoms with van der Waals surface area (Å²) in [5.74, 6) is -0.109. The molecule has 2 rings (SSSR count). The van der Waals surface area contributed by atoms with E-state index in [0.717, 1.165) is 5.69 Å². The minimum Gasteiger partial charge on any atom is -0.397 e. The van der Waals surface area contributed by atoms with Crippen molar-refractivity contribution in [2.45, 2.75) is 13.8 Å². The van der Waals surface area contributed by atoms with Crippen LogP contribution in [0, 0.1) is 6.92 Å². The van der Waals surface area contributed by atoms with Gasteiger partial charge in [0.25, 0.3) is 5.91 Å². The largest absolute Gasteiger partial charge is 0.397 e. The lowest BCUT2D eigenvalue weighted by atomic mass is 10.1. The summed E-state index contributed by atoms with van der Waals surface area (Å²) in [7, 11) is 0. The number of amides is 1. The third-order valence-electron chi connectivity index (χ3n) is 2.60. The zero-order valence-electron chi connectivity index (χ0n) is 10.5. The van der Waals surface area contributed by atoms with Gasteiger partial charge in [0.15, 0.2) is 0 Å². The van der Waals surface area contributed by atoms with Crippen molar-refractivity contribution in [1.29, 1.82) is 0 Å². The normalized spacial score (nSPS) is 10.3. The maximum atomic E-state index is 11.8. The monoisotopic (exact) mass is 244 g/mol. The van der Waals surface area contributed by atoms with E-state index in [1.807, 2.05) is 26.1 Å². The van der Waals surface area contributed by atoms with Crippen LogP contribution in [0.1, 0.15) is 23.0 Å². The van der Waals surface area contributed by atoms with Crippen LogP contribution >= 0.6 is 0 Å². The van der Waals surface area contributed by atoms with Gasteiger partial charge in [-0.15, -0.1) is 0 Å². The first-order valence-electron chi connectivity index (χ1n) is 5.82. The molecule has 0 aliphatic carbocycles. The SMILES string of the molecule is CCNC(=O)c1ccc(N)c(-n2ccc(C)n2)c1. The summed E-state index contributed by atoms with van der Waals surface area (Å²) >= 11 is 0. The molecule has 0 saturated heterocycles. The Hall–Kier alpha value is -2.30. The molecule has 1 heterocycles. The highest BCUT2D eigenvalue weighted by molar-refractivity contribution is 5.95. The Kier molecular flexibility index (Phi) is 3.32. The van der Waals surface area contributed by atoms with Crippen LogP contribution < -0.4 is 11.1 Å². The van der Waals surface area contributed by atoms with Gasteiger partial charge in [0.2, 0.25) is 0 Å². The molecule has 5 heteroatoms. The molecule has 0 saturated carbocycles. The zero-order valence-corrected chi connectivity index (χ0v) is 10.5. The van der Waals surface area contributed by atoms with E-state index in [2.05, 4.69) is 10.4 Å². The molecule has 1 aromatic carbocycles. The number of nitrogens with zero attached hydrogens (tertiary/aromatic N) is 2. The molecule has 1 aromatic heterocycles. The van der Waals surface area contributed by atoms with E-state index in [4.69, 9.17) is 5.73 Å². The molecule has 0 aliphatic rings. The molecule has 94 valence electrons. The highest BCUT2D eigenvalue weighted by Gasteiger charge is 2.09. The maximum absolute atomic E-state index is 11.8. The topological polar surface area (TPSA) is 72.9 Å². The number of aryl methyl sites for hydroxylation is 1. The number of carbonyl (C=O) groups is 1. The zero-order chi connectivity index (χ0) is 13.1. The summed E-state index contributed by atoms with van der Waals surface area (Å²) in [4.78, 5) is 11.8. The van der Waals surface area contributed by atoms with Crippen molar-refractivity contribution in [3.63, 3.8) is 0 Å². The van der Waals surface area contributed by atoms with Gasteiger partial charge < -0.3 is 11.1 Å². The van der Waals surface area contributed by atoms with Crippen LogP contribution in [-0.2, 0) is 0 Å². The fraction of sp³-hybridized carbons (Fsp3) is 0.231. The van der Waals surface area contributed by atoms with E-state index in [1.54, 1.807) is 22.9 Å². The lowest BCUT2D eigenvalue weighted by Crippen LogP contribution is -2.22. The molecule has 0 atom stereocenters. The second-order valence-corrected chi connectivity index (χ2v) is 4.03. The van der Waals surface area contributed by atoms with Crippen molar-refractivity contribution >= 4 is 11.6 Å². The molecule has 0 radical (unpaired) electrons. The molecular weight excluding hydrogens is 228 g/mol. The molecule has 0 unspecified atom stereocenters. The van der Waals surface area contributed by atoms with Crippen molar-refractivity contribution in [2.75, 3.05) is 12.3 Å². The summed E-state index contributed by atoms with van der Waals surface area (Å²) in [5.41, 5.74) is 8.69. The predicted molar refractivity (Wildman–Crippen MR) is 70.7 cm³/mol. The molecular formula is C13H16N4O. The molecule has 2 aromatic rings. The number of aromatic nitrogens is 2. The minimum atomic E-state index is -0.109. The van der Waals surface area contributed by atoms with Gasteiger partial charge in [-0.1, -0.05) is 0 Å². The summed E-state index contributed by atoms with van der Waals surface area (Å²) < 4.78 is 1.67. The van der Waals surface area contributed by atoms with Crippen LogP contribution in [0.5, 0.6) is 0 Å². The van der Waals surface area contributed by atoms with Crippen molar-refractivity contribution in [1.82, 2.24) is 15.1 Å². The van der Waals surface area contributed by atoms with Gasteiger partial charge in [-0.2, -0.15) is 5.10 Å². The van der Waals surface area contributed by atoms with Gasteiger partial charge in [0.05, 0.1) is 17.1 Å². The van der Waals surface area contributed by atoms with Gasteiger partial charge in [-0.05, 0) is 38.1 Å². The number of hydrogen-bond acceptors (Lipinski definition) is 3. The Bertz CT molecular complexity index is 574. The van der Waals surface area contributed by atoms with Crippen molar-refractivity contribution in [3.8, 4) is 5.69 Å². The lowest BCUT2D eigenvalue weighted by Gasteiger charge is -2.08. The average Bonchev–Trinajstić information content (AvgIpc) is 2.76. The Morgan fingerprint density at radius 1 is 1.44 bits per heavy atom. The highest BCUT2D eigenvalue weighted by atomic mass is 16.1. The first-order valence-corrected chi connectivity index (χ1v) is 5.82. The third kappa shape index (κ3) is 2.34. The van der Waals surface area contributed by atoms with Gasteiger partial charge in [0.1, 0.15) is 0 Å². The van der Waals surface area contributed by atoms with Gasteiger partial charge in [-0.3, -0.25) is 4.79 Å². The average molecular weight is 244 g/mol. The number of anilines is 1. The number of benzene rings is 1. The number of hydrogen-bond donors (Lipinski definition) is 2. The third-order valence-corrected chi connectivity index (χ3v) is 2.60. The van der Waals surface area contributed by atoms with Crippen molar-refractivity contribution < 1.29 is 4.79 Å². The number of nitrogens with one attached hydrogen (secondary N) is 1. The molecule has 18 heavy (non-hydrogen) atoms. The van der Waals surface area contributed by atoms with E-state index in [0.29, 0.717) is 23.5 Å². The molecule has 0 aliphatic heterocycles. The minimum absolute atomic E-state index is 0.109. The second-order valence-electron chi connectivity index (χ2n) is 4.03. The van der Waals surface area contributed by atoms with Crippen LogP contribution in [0.15, 0.2) is 30.5 Å². The molecule has 0 bridgehead atoms. The Morgan fingerprint density at radius 3 is 2.83 bits per heavy atom. The van der Waals surface area contributed by atoms with Gasteiger partial charge in [-0.25, -0.2) is 4.68 Å². The molecule has 1 amide bonds. The maximum Gasteiger partial charge on any atom is 0.251 e. The van der Waals surface area contributed by atoms with Gasteiger partial charge in [0, 0.05) is 18.3 Å². The summed E-state index contributed by atoms with van der Waals surface area (Å²) in [6.45, 7) is 4.38. The van der Waals surface area contributed by atoms with E-state index in [-0.39, 0.29) is 5.91 Å². The number of nitrogens with two attached hydrogens (primary N) is 1. The number of rotatable bonds is 3. The lowest BCUT2D eigenvalue weighted by molar-refractivity contribution is 0.0956. The van der Waals surface area contributed by atoms with E-state index < -0.39 is 0 Å². The summed E-state index contributed by atoms with van der Waals surface area (Å²) in [6.07, 6.45) is 1.82. The highest BCUT2D eigenvalue weighted by Crippen LogP contribution is 2.18. The van der Waals surface area contributed by atoms with E-state index in [9.17, 15) is 4.79 Å². The molecule has 0 fully saturated rings. The molecule has 0 spiro atoms. The standard InChI is InChI=1S/C13H16N4O/c1-3-15-13(18)10-4-5-11(14)12(8-10)17-7-6-9(2)16-17/h4-8H,3,14H2,1-2H3,(H,15,18). The van der Waals surface area contributed by atoms with Crippen LogP contribution in [0.2, 0.25) is 0 Å². The van der Waals surface area contributed by atoms with Crippen LogP contribution in [0.25, 0.3) is 5.69 Å². The van der Waals surface area contributed by atoms with Gasteiger partial charge >= 0.3 is 0 Å². The van der Waals surface area contributed by atoms with Crippen molar-refractivity contribution in [3.05, 3.63) is 41.7 Å². The number of carbonyl (C=O) groups excluding carboxylic acids is 1.